The second-order valence-corrected chi connectivity index (χ2v) is 4.69. The van der Waals surface area contributed by atoms with Gasteiger partial charge in [0.25, 0.3) is 0 Å². The van der Waals surface area contributed by atoms with Gasteiger partial charge in [-0.25, -0.2) is 0 Å². The minimum atomic E-state index is 0.270. The Hall–Kier alpha value is -1.01. The van der Waals surface area contributed by atoms with E-state index in [1.807, 2.05) is 0 Å². The summed E-state index contributed by atoms with van der Waals surface area (Å²) in [6, 6.07) is 2.86. The first-order chi connectivity index (χ1) is 6.79. The lowest BCUT2D eigenvalue weighted by Crippen LogP contribution is -2.15. The molecule has 2 rings (SSSR count). The summed E-state index contributed by atoms with van der Waals surface area (Å²) < 4.78 is 0. The van der Waals surface area contributed by atoms with Crippen molar-refractivity contribution in [1.82, 2.24) is 0 Å². The zero-order valence-electron chi connectivity index (χ0n) is 8.29. The van der Waals surface area contributed by atoms with E-state index in [0.717, 1.165) is 19.3 Å². The third-order valence-corrected chi connectivity index (χ3v) is 3.69. The van der Waals surface area contributed by atoms with E-state index in [1.165, 1.54) is 11.3 Å². The van der Waals surface area contributed by atoms with Crippen LogP contribution in [0.1, 0.15) is 24.8 Å². The highest BCUT2D eigenvalue weighted by atomic mass is 32.1. The molecule has 2 unspecified atom stereocenters. The molecule has 0 aromatic carbocycles. The number of anilines is 1. The van der Waals surface area contributed by atoms with E-state index in [-0.39, 0.29) is 5.92 Å². The lowest BCUT2D eigenvalue weighted by atomic mass is 10.1. The smallest absolute Gasteiger partial charge is 0.0656 e. The van der Waals surface area contributed by atoms with Crippen molar-refractivity contribution >= 4 is 17.0 Å². The van der Waals surface area contributed by atoms with Crippen molar-refractivity contribution in [2.24, 2.45) is 5.92 Å². The number of rotatable bonds is 2. The third kappa shape index (κ3) is 1.91. The summed E-state index contributed by atoms with van der Waals surface area (Å²) in [4.78, 5) is 0. The maximum Gasteiger partial charge on any atom is 0.0656 e. The summed E-state index contributed by atoms with van der Waals surface area (Å²) in [5, 5.41) is 16.6. The summed E-state index contributed by atoms with van der Waals surface area (Å²) in [5.41, 5.74) is 2.56. The van der Waals surface area contributed by atoms with Gasteiger partial charge in [0.2, 0.25) is 0 Å². The van der Waals surface area contributed by atoms with E-state index in [2.05, 4.69) is 29.1 Å². The van der Waals surface area contributed by atoms with Crippen LogP contribution in [0, 0.1) is 24.2 Å². The summed E-state index contributed by atoms with van der Waals surface area (Å²) in [6.07, 6.45) is 3.19. The summed E-state index contributed by atoms with van der Waals surface area (Å²) >= 11 is 1.73. The fourth-order valence-corrected chi connectivity index (χ4v) is 2.75. The minimum Gasteiger partial charge on any atom is -0.381 e. The molecule has 74 valence electrons. The van der Waals surface area contributed by atoms with Gasteiger partial charge in [0.05, 0.1) is 6.07 Å². The van der Waals surface area contributed by atoms with Gasteiger partial charge in [0.15, 0.2) is 0 Å². The predicted molar refractivity (Wildman–Crippen MR) is 59.4 cm³/mol. The first kappa shape index (κ1) is 9.54. The van der Waals surface area contributed by atoms with E-state index in [0.29, 0.717) is 6.04 Å². The minimum absolute atomic E-state index is 0.270. The van der Waals surface area contributed by atoms with Crippen LogP contribution in [0.3, 0.4) is 0 Å². The lowest BCUT2D eigenvalue weighted by molar-refractivity contribution is 0.684. The number of aryl methyl sites for hydroxylation is 1. The number of nitriles is 1. The Bertz CT molecular complexity index is 350. The van der Waals surface area contributed by atoms with Crippen LogP contribution in [-0.2, 0) is 0 Å². The van der Waals surface area contributed by atoms with Gasteiger partial charge in [-0.3, -0.25) is 0 Å². The molecule has 3 heteroatoms. The van der Waals surface area contributed by atoms with Crippen molar-refractivity contribution in [2.45, 2.75) is 32.2 Å². The summed E-state index contributed by atoms with van der Waals surface area (Å²) in [6.45, 7) is 2.12. The van der Waals surface area contributed by atoms with Crippen LogP contribution in [0.15, 0.2) is 10.8 Å². The molecule has 2 nitrogen and oxygen atoms in total. The quantitative estimate of drug-likeness (QED) is 0.806. The molecular formula is C11H14N2S. The Labute approximate surface area is 88.6 Å². The molecule has 1 aliphatic carbocycles. The second kappa shape index (κ2) is 4.02. The number of hydrogen-bond acceptors (Lipinski definition) is 3. The average Bonchev–Trinajstić information content (AvgIpc) is 2.77. The highest BCUT2D eigenvalue weighted by molar-refractivity contribution is 7.08. The SMILES string of the molecule is Cc1cscc1NC1CCC(C#N)C1. The third-order valence-electron chi connectivity index (χ3n) is 2.83. The largest absolute Gasteiger partial charge is 0.381 e. The molecule has 0 radical (unpaired) electrons. The number of nitrogens with zero attached hydrogens (tertiary/aromatic N) is 1. The van der Waals surface area contributed by atoms with Gasteiger partial charge in [0.1, 0.15) is 0 Å². The number of hydrogen-bond donors (Lipinski definition) is 1. The second-order valence-electron chi connectivity index (χ2n) is 3.95. The highest BCUT2D eigenvalue weighted by Gasteiger charge is 2.24. The maximum atomic E-state index is 8.79. The molecule has 1 aromatic heterocycles. The molecule has 2 atom stereocenters. The molecule has 1 aromatic rings. The zero-order chi connectivity index (χ0) is 9.97. The predicted octanol–water partition coefficient (Wildman–Crippen LogP) is 3.16. The van der Waals surface area contributed by atoms with E-state index in [4.69, 9.17) is 5.26 Å². The van der Waals surface area contributed by atoms with Crippen LogP contribution in [-0.4, -0.2) is 6.04 Å². The van der Waals surface area contributed by atoms with Gasteiger partial charge in [-0.2, -0.15) is 5.26 Å². The van der Waals surface area contributed by atoms with E-state index in [9.17, 15) is 0 Å². The van der Waals surface area contributed by atoms with Gasteiger partial charge in [-0.05, 0) is 37.1 Å². The molecule has 1 fully saturated rings. The Balaban J connectivity index is 1.94. The molecule has 0 spiro atoms. The van der Waals surface area contributed by atoms with Crippen LogP contribution in [0.2, 0.25) is 0 Å². The molecular weight excluding hydrogens is 192 g/mol. The van der Waals surface area contributed by atoms with E-state index in [1.54, 1.807) is 11.3 Å². The van der Waals surface area contributed by atoms with Gasteiger partial charge in [-0.1, -0.05) is 0 Å². The van der Waals surface area contributed by atoms with Crippen LogP contribution < -0.4 is 5.32 Å². The van der Waals surface area contributed by atoms with Crippen molar-refractivity contribution < 1.29 is 0 Å². The molecule has 1 aliphatic rings. The normalized spacial score (nSPS) is 26.0. The van der Waals surface area contributed by atoms with Gasteiger partial charge in [-0.15, -0.1) is 11.3 Å². The van der Waals surface area contributed by atoms with E-state index < -0.39 is 0 Å². The monoisotopic (exact) mass is 206 g/mol. The Morgan fingerprint density at radius 3 is 2.93 bits per heavy atom. The van der Waals surface area contributed by atoms with Crippen molar-refractivity contribution in [2.75, 3.05) is 5.32 Å². The first-order valence-electron chi connectivity index (χ1n) is 4.98. The van der Waals surface area contributed by atoms with Crippen LogP contribution >= 0.6 is 11.3 Å². The fourth-order valence-electron chi connectivity index (χ4n) is 1.96. The van der Waals surface area contributed by atoms with E-state index >= 15 is 0 Å². The maximum absolute atomic E-state index is 8.79. The Kier molecular flexibility index (Phi) is 2.74. The number of thiophene rings is 1. The van der Waals surface area contributed by atoms with Crippen LogP contribution in [0.5, 0.6) is 0 Å². The first-order valence-corrected chi connectivity index (χ1v) is 5.93. The molecule has 0 aliphatic heterocycles. The molecule has 1 saturated carbocycles. The topological polar surface area (TPSA) is 35.8 Å². The van der Waals surface area contributed by atoms with Gasteiger partial charge in [0, 0.05) is 23.0 Å². The van der Waals surface area contributed by atoms with Gasteiger partial charge < -0.3 is 5.32 Å². The number of nitrogens with one attached hydrogen (secondary N) is 1. The van der Waals surface area contributed by atoms with Crippen molar-refractivity contribution in [3.8, 4) is 6.07 Å². The molecule has 1 heterocycles. The molecule has 0 bridgehead atoms. The highest BCUT2D eigenvalue weighted by Crippen LogP contribution is 2.29. The van der Waals surface area contributed by atoms with Crippen LogP contribution in [0.4, 0.5) is 5.69 Å². The van der Waals surface area contributed by atoms with Crippen LogP contribution in [0.25, 0.3) is 0 Å². The molecule has 1 N–H and O–H groups in total. The molecule has 14 heavy (non-hydrogen) atoms. The fraction of sp³-hybridized carbons (Fsp3) is 0.545. The standard InChI is InChI=1S/C11H14N2S/c1-8-6-14-7-11(8)13-10-3-2-9(4-10)5-12/h6-7,9-10,13H,2-4H2,1H3. The van der Waals surface area contributed by atoms with Crippen molar-refractivity contribution in [1.29, 1.82) is 5.26 Å². The van der Waals surface area contributed by atoms with Crippen molar-refractivity contribution in [3.63, 3.8) is 0 Å². The Morgan fingerprint density at radius 2 is 2.36 bits per heavy atom. The van der Waals surface area contributed by atoms with Gasteiger partial charge >= 0.3 is 0 Å². The lowest BCUT2D eigenvalue weighted by Gasteiger charge is -2.12. The van der Waals surface area contributed by atoms with Crippen molar-refractivity contribution in [3.05, 3.63) is 16.3 Å². The Morgan fingerprint density at radius 1 is 1.50 bits per heavy atom. The molecule has 0 amide bonds. The summed E-state index contributed by atoms with van der Waals surface area (Å²) in [7, 11) is 0. The molecule has 0 saturated heterocycles. The zero-order valence-corrected chi connectivity index (χ0v) is 9.10. The summed E-state index contributed by atoms with van der Waals surface area (Å²) in [5.74, 6) is 0.270. The average molecular weight is 206 g/mol.